The Bertz CT molecular complexity index is 1640. The highest BCUT2D eigenvalue weighted by Crippen LogP contribution is 2.40. The lowest BCUT2D eigenvalue weighted by molar-refractivity contribution is -0.112. The molecule has 6 rings (SSSR count). The van der Waals surface area contributed by atoms with Crippen LogP contribution in [0.5, 0.6) is 11.5 Å². The number of carbonyl (C=O) groups is 2. The zero-order valence-corrected chi connectivity index (χ0v) is 20.3. The predicted molar refractivity (Wildman–Crippen MR) is 146 cm³/mol. The van der Waals surface area contributed by atoms with Crippen molar-refractivity contribution in [2.45, 2.75) is 12.6 Å². The molecule has 0 aliphatic carbocycles. The van der Waals surface area contributed by atoms with Gasteiger partial charge in [0, 0.05) is 28.3 Å². The van der Waals surface area contributed by atoms with E-state index in [1.165, 1.54) is 0 Å². The second-order valence-electron chi connectivity index (χ2n) is 8.86. The summed E-state index contributed by atoms with van der Waals surface area (Å²) in [4.78, 5) is 25.2. The summed E-state index contributed by atoms with van der Waals surface area (Å²) in [6.45, 7) is 0. The van der Waals surface area contributed by atoms with Crippen LogP contribution in [0.15, 0.2) is 114 Å². The maximum Gasteiger partial charge on any atom is 0.228 e. The number of aldehydes is 1. The first-order valence-corrected chi connectivity index (χ1v) is 12.2. The molecule has 0 saturated carbocycles. The predicted octanol–water partition coefficient (Wildman–Crippen LogP) is 6.80. The third-order valence-electron chi connectivity index (χ3n) is 6.35. The molecular formula is C32H23NO5. The van der Waals surface area contributed by atoms with Crippen LogP contribution in [0.3, 0.4) is 0 Å². The van der Waals surface area contributed by atoms with E-state index in [9.17, 15) is 9.59 Å². The second kappa shape index (κ2) is 10.1. The number of hydrogen-bond acceptors (Lipinski definition) is 6. The first kappa shape index (κ1) is 23.3. The minimum Gasteiger partial charge on any atom is -0.465 e. The summed E-state index contributed by atoms with van der Waals surface area (Å²) >= 11 is 0. The second-order valence-corrected chi connectivity index (χ2v) is 8.86. The van der Waals surface area contributed by atoms with Gasteiger partial charge >= 0.3 is 0 Å². The maximum absolute atomic E-state index is 13.5. The van der Waals surface area contributed by atoms with Crippen LogP contribution in [-0.4, -0.2) is 18.3 Å². The zero-order chi connectivity index (χ0) is 25.9. The standard InChI is InChI=1S/C32H23NO5/c34-20-29(33-24-11-5-2-6-12-24)37-25-15-13-21(14-16-25)30-26-18-23-10-7-17-36-27(23)19-28(26)38-32(30)31(35)22-8-3-1-4-9-22/h1-9,11-20,29,33H,10H2. The van der Waals surface area contributed by atoms with Crippen molar-refractivity contribution < 1.29 is 23.5 Å². The van der Waals surface area contributed by atoms with Crippen LogP contribution < -0.4 is 14.8 Å². The van der Waals surface area contributed by atoms with Crippen LogP contribution >= 0.6 is 0 Å². The largest absolute Gasteiger partial charge is 0.465 e. The van der Waals surface area contributed by atoms with Gasteiger partial charge in [0.05, 0.1) is 6.26 Å². The molecule has 1 atom stereocenters. The fraction of sp³-hybridized carbons (Fsp3) is 0.0625. The molecule has 38 heavy (non-hydrogen) atoms. The van der Waals surface area contributed by atoms with E-state index in [1.54, 1.807) is 30.5 Å². The van der Waals surface area contributed by atoms with Crippen molar-refractivity contribution >= 4 is 28.7 Å². The molecule has 6 nitrogen and oxygen atoms in total. The van der Waals surface area contributed by atoms with E-state index >= 15 is 0 Å². The van der Waals surface area contributed by atoms with Gasteiger partial charge in [-0.25, -0.2) is 0 Å². The fourth-order valence-electron chi connectivity index (χ4n) is 4.54. The molecule has 0 bridgehead atoms. The number of ether oxygens (including phenoxy) is 2. The Kier molecular flexibility index (Phi) is 6.20. The number of benzene rings is 4. The van der Waals surface area contributed by atoms with Gasteiger partial charge in [-0.1, -0.05) is 60.7 Å². The average Bonchev–Trinajstić information content (AvgIpc) is 3.34. The summed E-state index contributed by atoms with van der Waals surface area (Å²) in [6, 6.07) is 29.6. The minimum absolute atomic E-state index is 0.206. The van der Waals surface area contributed by atoms with E-state index in [1.807, 2.05) is 78.9 Å². The summed E-state index contributed by atoms with van der Waals surface area (Å²) < 4.78 is 17.7. The number of para-hydroxylation sites is 1. The highest BCUT2D eigenvalue weighted by molar-refractivity contribution is 6.15. The van der Waals surface area contributed by atoms with Crippen molar-refractivity contribution in [1.29, 1.82) is 0 Å². The molecule has 0 amide bonds. The van der Waals surface area contributed by atoms with Crippen LogP contribution in [0.4, 0.5) is 5.69 Å². The number of anilines is 1. The van der Waals surface area contributed by atoms with Crippen molar-refractivity contribution in [2.75, 3.05) is 5.32 Å². The summed E-state index contributed by atoms with van der Waals surface area (Å²) in [7, 11) is 0. The SMILES string of the molecule is O=CC(Nc1ccccc1)Oc1ccc(-c2c(C(=O)c3ccccc3)oc3cc4c(cc23)CC=CO4)cc1. The quantitative estimate of drug-likeness (QED) is 0.143. The molecular weight excluding hydrogens is 478 g/mol. The Morgan fingerprint density at radius 2 is 1.66 bits per heavy atom. The molecule has 186 valence electrons. The number of carbonyl (C=O) groups excluding carboxylic acids is 2. The monoisotopic (exact) mass is 501 g/mol. The van der Waals surface area contributed by atoms with Crippen molar-refractivity contribution in [2.24, 2.45) is 0 Å². The number of ketones is 1. The Labute approximate surface area is 219 Å². The molecule has 1 aliphatic rings. The fourth-order valence-corrected chi connectivity index (χ4v) is 4.54. The van der Waals surface area contributed by atoms with Gasteiger partial charge < -0.3 is 19.2 Å². The Balaban J connectivity index is 1.37. The Morgan fingerprint density at radius 1 is 0.921 bits per heavy atom. The molecule has 6 heteroatoms. The number of furan rings is 1. The van der Waals surface area contributed by atoms with Crippen LogP contribution in [0, 0.1) is 0 Å². The van der Waals surface area contributed by atoms with E-state index in [4.69, 9.17) is 13.9 Å². The van der Waals surface area contributed by atoms with E-state index in [2.05, 4.69) is 5.32 Å². The normalized spacial score (nSPS) is 12.8. The summed E-state index contributed by atoms with van der Waals surface area (Å²) in [6.07, 6.45) is 4.19. The third kappa shape index (κ3) is 4.55. The number of rotatable bonds is 8. The summed E-state index contributed by atoms with van der Waals surface area (Å²) in [5.74, 6) is 1.27. The van der Waals surface area contributed by atoms with Crippen molar-refractivity contribution in [3.05, 3.63) is 126 Å². The lowest BCUT2D eigenvalue weighted by atomic mass is 9.96. The zero-order valence-electron chi connectivity index (χ0n) is 20.3. The number of nitrogens with one attached hydrogen (secondary N) is 1. The number of hydrogen-bond donors (Lipinski definition) is 1. The molecule has 1 aromatic heterocycles. The molecule has 5 aromatic rings. The van der Waals surface area contributed by atoms with Gasteiger partial charge in [-0.15, -0.1) is 0 Å². The molecule has 0 fully saturated rings. The summed E-state index contributed by atoms with van der Waals surface area (Å²) in [5.41, 5.74) is 4.39. The first-order chi connectivity index (χ1) is 18.7. The lowest BCUT2D eigenvalue weighted by Crippen LogP contribution is -2.27. The Hall–Kier alpha value is -5.10. The van der Waals surface area contributed by atoms with Gasteiger partial charge in [-0.2, -0.15) is 0 Å². The lowest BCUT2D eigenvalue weighted by Gasteiger charge is -2.16. The van der Waals surface area contributed by atoms with E-state index < -0.39 is 6.23 Å². The maximum atomic E-state index is 13.5. The molecule has 2 heterocycles. The first-order valence-electron chi connectivity index (χ1n) is 12.2. The van der Waals surface area contributed by atoms with Gasteiger partial charge in [-0.3, -0.25) is 9.59 Å². The number of fused-ring (bicyclic) bond motifs is 2. The van der Waals surface area contributed by atoms with Crippen molar-refractivity contribution in [1.82, 2.24) is 0 Å². The highest BCUT2D eigenvalue weighted by Gasteiger charge is 2.25. The van der Waals surface area contributed by atoms with Crippen LogP contribution in [0.2, 0.25) is 0 Å². The topological polar surface area (TPSA) is 77.8 Å². The van der Waals surface area contributed by atoms with E-state index in [-0.39, 0.29) is 11.5 Å². The highest BCUT2D eigenvalue weighted by atomic mass is 16.5. The molecule has 4 aromatic carbocycles. The molecule has 1 unspecified atom stereocenters. The van der Waals surface area contributed by atoms with Gasteiger partial charge in [0.1, 0.15) is 17.1 Å². The van der Waals surface area contributed by atoms with E-state index in [0.717, 1.165) is 28.6 Å². The van der Waals surface area contributed by atoms with Gasteiger partial charge in [-0.05, 0) is 54.0 Å². The third-order valence-corrected chi connectivity index (χ3v) is 6.35. The molecule has 0 spiro atoms. The molecule has 0 saturated heterocycles. The average molecular weight is 502 g/mol. The smallest absolute Gasteiger partial charge is 0.228 e. The van der Waals surface area contributed by atoms with Crippen LogP contribution in [0.25, 0.3) is 22.1 Å². The van der Waals surface area contributed by atoms with E-state index in [0.29, 0.717) is 34.5 Å². The van der Waals surface area contributed by atoms with Crippen molar-refractivity contribution in [3.63, 3.8) is 0 Å². The van der Waals surface area contributed by atoms with Crippen LogP contribution in [-0.2, 0) is 11.2 Å². The summed E-state index contributed by atoms with van der Waals surface area (Å²) in [5, 5.41) is 3.87. The van der Waals surface area contributed by atoms with Gasteiger partial charge in [0.25, 0.3) is 0 Å². The van der Waals surface area contributed by atoms with Crippen LogP contribution in [0.1, 0.15) is 21.7 Å². The minimum atomic E-state index is -0.854. The number of allylic oxidation sites excluding steroid dienone is 1. The molecule has 1 N–H and O–H groups in total. The molecule has 0 radical (unpaired) electrons. The van der Waals surface area contributed by atoms with Gasteiger partial charge in [0.2, 0.25) is 12.0 Å². The molecule has 1 aliphatic heterocycles. The Morgan fingerprint density at radius 3 is 2.39 bits per heavy atom. The van der Waals surface area contributed by atoms with Gasteiger partial charge in [0.15, 0.2) is 12.0 Å². The van der Waals surface area contributed by atoms with Crippen molar-refractivity contribution in [3.8, 4) is 22.6 Å².